The molecule has 2 rings (SSSR count). The molecule has 0 bridgehead atoms. The number of nitrogens with zero attached hydrogens (tertiary/aromatic N) is 1. The maximum Gasteiger partial charge on any atom is 0.172 e. The van der Waals surface area contributed by atoms with E-state index in [2.05, 4.69) is 4.99 Å². The van der Waals surface area contributed by atoms with Gasteiger partial charge >= 0.3 is 0 Å². The lowest BCUT2D eigenvalue weighted by molar-refractivity contribution is 0.100. The predicted octanol–water partition coefficient (Wildman–Crippen LogP) is 2.03. The maximum atomic E-state index is 11.9. The first-order valence-corrected chi connectivity index (χ1v) is 4.92. The van der Waals surface area contributed by atoms with Crippen LogP contribution in [0.15, 0.2) is 23.2 Å². The van der Waals surface area contributed by atoms with Gasteiger partial charge in [0.2, 0.25) is 0 Å². The fourth-order valence-corrected chi connectivity index (χ4v) is 1.62. The van der Waals surface area contributed by atoms with Crippen LogP contribution < -0.4 is 4.74 Å². The van der Waals surface area contributed by atoms with Gasteiger partial charge in [0.15, 0.2) is 5.78 Å². The van der Waals surface area contributed by atoms with Crippen LogP contribution in [0.2, 0.25) is 0 Å². The van der Waals surface area contributed by atoms with E-state index in [1.807, 2.05) is 25.1 Å². The van der Waals surface area contributed by atoms with E-state index >= 15 is 0 Å². The Morgan fingerprint density at radius 2 is 2.20 bits per heavy atom. The Morgan fingerprint density at radius 1 is 1.40 bits per heavy atom. The van der Waals surface area contributed by atoms with Crippen molar-refractivity contribution in [1.82, 2.24) is 0 Å². The number of fused-ring (bicyclic) bond motifs is 1. The Bertz CT molecular complexity index is 435. The average molecular weight is 203 g/mol. The molecule has 78 valence electrons. The van der Waals surface area contributed by atoms with Gasteiger partial charge in [-0.25, -0.2) is 0 Å². The molecular formula is C12H13NO2. The predicted molar refractivity (Wildman–Crippen MR) is 59.0 cm³/mol. The zero-order valence-electron chi connectivity index (χ0n) is 8.91. The molecular weight excluding hydrogens is 190 g/mol. The standard InChI is InChI=1S/C12H13NO2/c1-8-3-4-12-10(5-8)11(14)6-9(13-2)7-15-12/h3-5H,6-7H2,1-2H3. The number of hydrogen-bond donors (Lipinski definition) is 0. The number of ether oxygens (including phenoxy) is 1. The molecule has 1 heterocycles. The van der Waals surface area contributed by atoms with Gasteiger partial charge in [-0.3, -0.25) is 9.79 Å². The van der Waals surface area contributed by atoms with E-state index in [1.165, 1.54) is 0 Å². The molecule has 0 spiro atoms. The lowest BCUT2D eigenvalue weighted by atomic mass is 10.0. The molecule has 0 N–H and O–H groups in total. The number of carbonyl (C=O) groups excluding carboxylic acids is 1. The summed E-state index contributed by atoms with van der Waals surface area (Å²) in [6.07, 6.45) is 0.368. The van der Waals surface area contributed by atoms with Crippen molar-refractivity contribution in [3.63, 3.8) is 0 Å². The zero-order chi connectivity index (χ0) is 10.8. The molecule has 0 aliphatic carbocycles. The minimum atomic E-state index is 0.0896. The molecule has 3 nitrogen and oxygen atoms in total. The van der Waals surface area contributed by atoms with E-state index in [0.717, 1.165) is 11.3 Å². The Hall–Kier alpha value is -1.64. The Kier molecular flexibility index (Phi) is 2.54. The summed E-state index contributed by atoms with van der Waals surface area (Å²) in [7, 11) is 1.69. The van der Waals surface area contributed by atoms with Gasteiger partial charge in [-0.05, 0) is 19.1 Å². The summed E-state index contributed by atoms with van der Waals surface area (Å²) >= 11 is 0. The summed E-state index contributed by atoms with van der Waals surface area (Å²) < 4.78 is 5.53. The van der Waals surface area contributed by atoms with Gasteiger partial charge in [0, 0.05) is 7.05 Å². The number of aryl methyl sites for hydroxylation is 1. The molecule has 0 saturated heterocycles. The van der Waals surface area contributed by atoms with Crippen molar-refractivity contribution in [3.8, 4) is 5.75 Å². The van der Waals surface area contributed by atoms with Crippen LogP contribution >= 0.6 is 0 Å². The van der Waals surface area contributed by atoms with Crippen molar-refractivity contribution in [1.29, 1.82) is 0 Å². The van der Waals surface area contributed by atoms with Crippen molar-refractivity contribution in [2.24, 2.45) is 4.99 Å². The minimum Gasteiger partial charge on any atom is -0.487 e. The molecule has 3 heteroatoms. The van der Waals surface area contributed by atoms with E-state index in [4.69, 9.17) is 4.74 Å². The SMILES string of the molecule is CN=C1COc2ccc(C)cc2C(=O)C1. The summed E-state index contributed by atoms with van der Waals surface area (Å²) in [4.78, 5) is 15.9. The first kappa shape index (κ1) is 9.90. The second-order valence-electron chi connectivity index (χ2n) is 3.68. The highest BCUT2D eigenvalue weighted by Crippen LogP contribution is 2.24. The van der Waals surface area contributed by atoms with Crippen LogP contribution in [0.4, 0.5) is 0 Å². The van der Waals surface area contributed by atoms with Crippen LogP contribution in [0, 0.1) is 6.92 Å². The molecule has 1 aromatic rings. The molecule has 0 aromatic heterocycles. The monoisotopic (exact) mass is 203 g/mol. The van der Waals surface area contributed by atoms with E-state index < -0.39 is 0 Å². The largest absolute Gasteiger partial charge is 0.487 e. The summed E-state index contributed by atoms with van der Waals surface area (Å²) in [5, 5.41) is 0. The van der Waals surface area contributed by atoms with Gasteiger partial charge < -0.3 is 4.74 Å². The number of hydrogen-bond acceptors (Lipinski definition) is 3. The third-order valence-electron chi connectivity index (χ3n) is 2.51. The highest BCUT2D eigenvalue weighted by Gasteiger charge is 2.19. The number of benzene rings is 1. The first-order valence-electron chi connectivity index (χ1n) is 4.92. The summed E-state index contributed by atoms with van der Waals surface area (Å²) in [6, 6.07) is 5.66. The second kappa shape index (κ2) is 3.85. The fraction of sp³-hybridized carbons (Fsp3) is 0.333. The van der Waals surface area contributed by atoms with Gasteiger partial charge in [0.05, 0.1) is 17.7 Å². The van der Waals surface area contributed by atoms with Crippen molar-refractivity contribution >= 4 is 11.5 Å². The normalized spacial score (nSPS) is 18.3. The number of aliphatic imine (C=N–C) groups is 1. The molecule has 1 aliphatic heterocycles. The Balaban J connectivity index is 2.44. The third kappa shape index (κ3) is 1.91. The summed E-state index contributed by atoms with van der Waals surface area (Å²) in [6.45, 7) is 2.38. The van der Waals surface area contributed by atoms with Crippen LogP contribution in [0.25, 0.3) is 0 Å². The van der Waals surface area contributed by atoms with Crippen molar-refractivity contribution in [2.45, 2.75) is 13.3 Å². The number of carbonyl (C=O) groups is 1. The second-order valence-corrected chi connectivity index (χ2v) is 3.68. The molecule has 1 aromatic carbocycles. The van der Waals surface area contributed by atoms with Gasteiger partial charge in [-0.15, -0.1) is 0 Å². The van der Waals surface area contributed by atoms with E-state index in [0.29, 0.717) is 24.3 Å². The molecule has 0 unspecified atom stereocenters. The quantitative estimate of drug-likeness (QED) is 0.647. The van der Waals surface area contributed by atoms with Crippen LogP contribution in [-0.4, -0.2) is 25.1 Å². The topological polar surface area (TPSA) is 38.7 Å². The van der Waals surface area contributed by atoms with Crippen molar-refractivity contribution in [2.75, 3.05) is 13.7 Å². The Labute approximate surface area is 88.8 Å². The molecule has 0 fully saturated rings. The van der Waals surface area contributed by atoms with E-state index in [1.54, 1.807) is 7.05 Å². The molecule has 15 heavy (non-hydrogen) atoms. The molecule has 1 aliphatic rings. The van der Waals surface area contributed by atoms with Crippen molar-refractivity contribution in [3.05, 3.63) is 29.3 Å². The number of rotatable bonds is 0. The third-order valence-corrected chi connectivity index (χ3v) is 2.51. The first-order chi connectivity index (χ1) is 7.20. The van der Waals surface area contributed by atoms with Crippen LogP contribution in [0.5, 0.6) is 5.75 Å². The van der Waals surface area contributed by atoms with Gasteiger partial charge in [0.25, 0.3) is 0 Å². The van der Waals surface area contributed by atoms with E-state index in [9.17, 15) is 4.79 Å². The van der Waals surface area contributed by atoms with Gasteiger partial charge in [0.1, 0.15) is 12.4 Å². The van der Waals surface area contributed by atoms with Gasteiger partial charge in [-0.1, -0.05) is 11.6 Å². The minimum absolute atomic E-state index is 0.0896. The van der Waals surface area contributed by atoms with Crippen LogP contribution in [0.1, 0.15) is 22.3 Å². The van der Waals surface area contributed by atoms with Crippen LogP contribution in [0.3, 0.4) is 0 Å². The summed E-state index contributed by atoms with van der Waals surface area (Å²) in [5.41, 5.74) is 2.55. The molecule has 0 saturated carbocycles. The number of Topliss-reactive ketones (excluding diaryl/α,β-unsaturated/α-hetero) is 1. The molecule has 0 atom stereocenters. The fourth-order valence-electron chi connectivity index (χ4n) is 1.62. The van der Waals surface area contributed by atoms with Gasteiger partial charge in [-0.2, -0.15) is 0 Å². The maximum absolute atomic E-state index is 11.9. The zero-order valence-corrected chi connectivity index (χ0v) is 8.91. The molecule has 0 radical (unpaired) electrons. The molecule has 0 amide bonds. The van der Waals surface area contributed by atoms with Crippen LogP contribution in [-0.2, 0) is 0 Å². The average Bonchev–Trinajstić information content (AvgIpc) is 2.39. The number of ketones is 1. The Morgan fingerprint density at radius 3 is 2.93 bits per heavy atom. The lowest BCUT2D eigenvalue weighted by Gasteiger charge is -2.05. The van der Waals surface area contributed by atoms with Crippen molar-refractivity contribution < 1.29 is 9.53 Å². The summed E-state index contributed by atoms with van der Waals surface area (Å²) in [5.74, 6) is 0.760. The lowest BCUT2D eigenvalue weighted by Crippen LogP contribution is -2.11. The smallest absolute Gasteiger partial charge is 0.172 e. The highest BCUT2D eigenvalue weighted by atomic mass is 16.5. The van der Waals surface area contributed by atoms with E-state index in [-0.39, 0.29) is 5.78 Å². The highest BCUT2D eigenvalue weighted by molar-refractivity contribution is 6.12.